The lowest BCUT2D eigenvalue weighted by Gasteiger charge is -2.03. The Bertz CT molecular complexity index is 425. The van der Waals surface area contributed by atoms with Gasteiger partial charge in [-0.05, 0) is 30.4 Å². The van der Waals surface area contributed by atoms with Gasteiger partial charge in [0.15, 0.2) is 0 Å². The van der Waals surface area contributed by atoms with Crippen LogP contribution in [0.15, 0.2) is 49.2 Å². The molecular formula is C13H15N. The number of rotatable bonds is 4. The normalized spacial score (nSPS) is 10.6. The molecule has 0 aliphatic heterocycles. The standard InChI is InChI=1S/C13H15N/c1-2-3-6-10-14-11-9-12-7-4-5-8-13(12)14/h2,4-5,7-9,11H,1,3,6,10H2. The van der Waals surface area contributed by atoms with Crippen LogP contribution in [0, 0.1) is 0 Å². The van der Waals surface area contributed by atoms with E-state index in [2.05, 4.69) is 47.7 Å². The molecule has 2 rings (SSSR count). The maximum absolute atomic E-state index is 3.73. The summed E-state index contributed by atoms with van der Waals surface area (Å²) in [5, 5.41) is 1.33. The maximum atomic E-state index is 3.73. The SMILES string of the molecule is C=CCCCn1ccc2ccccc21. The van der Waals surface area contributed by atoms with Crippen LogP contribution in [0.3, 0.4) is 0 Å². The van der Waals surface area contributed by atoms with Gasteiger partial charge in [0.2, 0.25) is 0 Å². The summed E-state index contributed by atoms with van der Waals surface area (Å²) in [4.78, 5) is 0. The average molecular weight is 185 g/mol. The van der Waals surface area contributed by atoms with Gasteiger partial charge in [-0.25, -0.2) is 0 Å². The van der Waals surface area contributed by atoms with Gasteiger partial charge in [-0.15, -0.1) is 6.58 Å². The summed E-state index contributed by atoms with van der Waals surface area (Å²) in [6.07, 6.45) is 6.40. The van der Waals surface area contributed by atoms with Crippen LogP contribution in [0.2, 0.25) is 0 Å². The number of nitrogens with zero attached hydrogens (tertiary/aromatic N) is 1. The molecule has 2 aromatic rings. The molecule has 0 spiro atoms. The number of hydrogen-bond donors (Lipinski definition) is 0. The molecule has 1 heterocycles. The molecule has 72 valence electrons. The van der Waals surface area contributed by atoms with Gasteiger partial charge in [0.25, 0.3) is 0 Å². The van der Waals surface area contributed by atoms with Gasteiger partial charge >= 0.3 is 0 Å². The summed E-state index contributed by atoms with van der Waals surface area (Å²) in [6, 6.07) is 10.7. The summed E-state index contributed by atoms with van der Waals surface area (Å²) in [6.45, 7) is 4.82. The zero-order valence-corrected chi connectivity index (χ0v) is 8.32. The Morgan fingerprint density at radius 3 is 2.93 bits per heavy atom. The van der Waals surface area contributed by atoms with E-state index in [1.807, 2.05) is 6.08 Å². The van der Waals surface area contributed by atoms with E-state index >= 15 is 0 Å². The fourth-order valence-corrected chi connectivity index (χ4v) is 1.74. The molecule has 0 aliphatic rings. The number of hydrogen-bond acceptors (Lipinski definition) is 0. The van der Waals surface area contributed by atoms with Crippen LogP contribution in [0.1, 0.15) is 12.8 Å². The molecule has 0 amide bonds. The fraction of sp³-hybridized carbons (Fsp3) is 0.231. The van der Waals surface area contributed by atoms with E-state index < -0.39 is 0 Å². The summed E-state index contributed by atoms with van der Waals surface area (Å²) >= 11 is 0. The second-order valence-corrected chi connectivity index (χ2v) is 3.50. The summed E-state index contributed by atoms with van der Waals surface area (Å²) in [5.74, 6) is 0. The van der Waals surface area contributed by atoms with Crippen molar-refractivity contribution in [3.8, 4) is 0 Å². The second-order valence-electron chi connectivity index (χ2n) is 3.50. The highest BCUT2D eigenvalue weighted by Gasteiger charge is 1.97. The number of unbranched alkanes of at least 4 members (excludes halogenated alkanes) is 1. The third kappa shape index (κ3) is 1.72. The van der Waals surface area contributed by atoms with Crippen molar-refractivity contribution in [2.75, 3.05) is 0 Å². The molecule has 0 unspecified atom stereocenters. The number of aromatic nitrogens is 1. The van der Waals surface area contributed by atoms with Gasteiger partial charge in [0, 0.05) is 18.3 Å². The van der Waals surface area contributed by atoms with Crippen molar-refractivity contribution in [3.05, 3.63) is 49.2 Å². The first-order valence-corrected chi connectivity index (χ1v) is 5.06. The maximum Gasteiger partial charge on any atom is 0.0480 e. The first-order valence-electron chi connectivity index (χ1n) is 5.06. The molecule has 1 heteroatoms. The first-order chi connectivity index (χ1) is 6.92. The van der Waals surface area contributed by atoms with Crippen LogP contribution in [-0.4, -0.2) is 4.57 Å². The lowest BCUT2D eigenvalue weighted by atomic mass is 10.2. The zero-order valence-electron chi connectivity index (χ0n) is 8.32. The third-order valence-electron chi connectivity index (χ3n) is 2.49. The fourth-order valence-electron chi connectivity index (χ4n) is 1.74. The molecule has 14 heavy (non-hydrogen) atoms. The molecule has 0 saturated heterocycles. The monoisotopic (exact) mass is 185 g/mol. The lowest BCUT2D eigenvalue weighted by Crippen LogP contribution is -1.94. The molecule has 1 aromatic heterocycles. The molecule has 0 radical (unpaired) electrons. The van der Waals surface area contributed by atoms with Crippen molar-refractivity contribution in [2.45, 2.75) is 19.4 Å². The van der Waals surface area contributed by atoms with Gasteiger partial charge in [0.1, 0.15) is 0 Å². The molecular weight excluding hydrogens is 170 g/mol. The van der Waals surface area contributed by atoms with E-state index in [-0.39, 0.29) is 0 Å². The van der Waals surface area contributed by atoms with Gasteiger partial charge < -0.3 is 4.57 Å². The van der Waals surface area contributed by atoms with Gasteiger partial charge in [-0.3, -0.25) is 0 Å². The van der Waals surface area contributed by atoms with Crippen molar-refractivity contribution in [2.24, 2.45) is 0 Å². The Kier molecular flexibility index (Phi) is 2.68. The largest absolute Gasteiger partial charge is 0.347 e. The number of fused-ring (bicyclic) bond motifs is 1. The number of aryl methyl sites for hydroxylation is 1. The van der Waals surface area contributed by atoms with E-state index in [4.69, 9.17) is 0 Å². The predicted octanol–water partition coefficient (Wildman–Crippen LogP) is 3.61. The molecule has 0 atom stereocenters. The minimum absolute atomic E-state index is 1.08. The minimum Gasteiger partial charge on any atom is -0.347 e. The molecule has 1 aromatic carbocycles. The highest BCUT2D eigenvalue weighted by Crippen LogP contribution is 2.15. The first kappa shape index (κ1) is 9.07. The summed E-state index contributed by atoms with van der Waals surface area (Å²) < 4.78 is 2.30. The van der Waals surface area contributed by atoms with Crippen molar-refractivity contribution in [1.82, 2.24) is 4.57 Å². The number of para-hydroxylation sites is 1. The second kappa shape index (κ2) is 4.14. The Labute approximate surface area is 84.7 Å². The topological polar surface area (TPSA) is 4.93 Å². The van der Waals surface area contributed by atoms with Crippen molar-refractivity contribution >= 4 is 10.9 Å². The molecule has 1 nitrogen and oxygen atoms in total. The smallest absolute Gasteiger partial charge is 0.0480 e. The van der Waals surface area contributed by atoms with Crippen molar-refractivity contribution < 1.29 is 0 Å². The highest BCUT2D eigenvalue weighted by molar-refractivity contribution is 5.79. The van der Waals surface area contributed by atoms with E-state index in [0.717, 1.165) is 13.0 Å². The van der Waals surface area contributed by atoms with Crippen LogP contribution in [0.25, 0.3) is 10.9 Å². The van der Waals surface area contributed by atoms with E-state index in [0.29, 0.717) is 0 Å². The third-order valence-corrected chi connectivity index (χ3v) is 2.49. The number of allylic oxidation sites excluding steroid dienone is 1. The molecule has 0 saturated carbocycles. The average Bonchev–Trinajstić information content (AvgIpc) is 2.63. The Morgan fingerprint density at radius 1 is 1.21 bits per heavy atom. The number of benzene rings is 1. The Morgan fingerprint density at radius 2 is 2.07 bits per heavy atom. The highest BCUT2D eigenvalue weighted by atomic mass is 14.9. The zero-order chi connectivity index (χ0) is 9.80. The molecule has 0 fully saturated rings. The summed E-state index contributed by atoms with van der Waals surface area (Å²) in [7, 11) is 0. The Hall–Kier alpha value is -1.50. The molecule has 0 bridgehead atoms. The quantitative estimate of drug-likeness (QED) is 0.506. The molecule has 0 aliphatic carbocycles. The van der Waals surface area contributed by atoms with Crippen LogP contribution < -0.4 is 0 Å². The van der Waals surface area contributed by atoms with Gasteiger partial charge in [-0.1, -0.05) is 24.3 Å². The van der Waals surface area contributed by atoms with Crippen molar-refractivity contribution in [3.63, 3.8) is 0 Å². The molecule has 0 N–H and O–H groups in total. The van der Waals surface area contributed by atoms with Crippen LogP contribution in [0.4, 0.5) is 0 Å². The van der Waals surface area contributed by atoms with Gasteiger partial charge in [-0.2, -0.15) is 0 Å². The van der Waals surface area contributed by atoms with Gasteiger partial charge in [0.05, 0.1) is 0 Å². The van der Waals surface area contributed by atoms with Crippen LogP contribution in [0.5, 0.6) is 0 Å². The minimum atomic E-state index is 1.08. The Balaban J connectivity index is 2.20. The van der Waals surface area contributed by atoms with Crippen LogP contribution >= 0.6 is 0 Å². The van der Waals surface area contributed by atoms with E-state index in [1.165, 1.54) is 17.3 Å². The van der Waals surface area contributed by atoms with E-state index in [1.54, 1.807) is 0 Å². The lowest BCUT2D eigenvalue weighted by molar-refractivity contribution is 0.671. The predicted molar refractivity (Wildman–Crippen MR) is 61.4 cm³/mol. The van der Waals surface area contributed by atoms with Crippen molar-refractivity contribution in [1.29, 1.82) is 0 Å². The van der Waals surface area contributed by atoms with E-state index in [9.17, 15) is 0 Å². The summed E-state index contributed by atoms with van der Waals surface area (Å²) in [5.41, 5.74) is 1.33. The van der Waals surface area contributed by atoms with Crippen LogP contribution in [-0.2, 0) is 6.54 Å².